The van der Waals surface area contributed by atoms with Crippen molar-refractivity contribution in [3.05, 3.63) is 32.6 Å². The van der Waals surface area contributed by atoms with Crippen molar-refractivity contribution in [1.29, 1.82) is 0 Å². The van der Waals surface area contributed by atoms with Gasteiger partial charge in [0.2, 0.25) is 0 Å². The summed E-state index contributed by atoms with van der Waals surface area (Å²) in [6.07, 6.45) is 0. The molecule has 13 heavy (non-hydrogen) atoms. The molecular weight excluding hydrogens is 272 g/mol. The molecule has 0 unspecified atom stereocenters. The number of hydrogen-bond donors (Lipinski definition) is 1. The molecule has 0 spiro atoms. The van der Waals surface area contributed by atoms with Gasteiger partial charge in [-0.15, -0.1) is 11.3 Å². The molecule has 0 aliphatic heterocycles. The number of benzene rings is 1. The first-order valence-electron chi connectivity index (χ1n) is 3.69. The average molecular weight is 278 g/mol. The fourth-order valence-electron chi connectivity index (χ4n) is 1.22. The number of aliphatic hydroxyl groups is 1. The van der Waals surface area contributed by atoms with Gasteiger partial charge >= 0.3 is 0 Å². The Morgan fingerprint density at radius 3 is 2.92 bits per heavy atom. The third-order valence-electron chi connectivity index (χ3n) is 1.89. The van der Waals surface area contributed by atoms with Gasteiger partial charge in [-0.25, -0.2) is 0 Å². The second kappa shape index (κ2) is 3.58. The molecule has 1 aromatic heterocycles. The summed E-state index contributed by atoms with van der Waals surface area (Å²) >= 11 is 11.0. The third kappa shape index (κ3) is 1.50. The first-order chi connectivity index (χ1) is 6.24. The molecule has 0 bridgehead atoms. The van der Waals surface area contributed by atoms with Crippen LogP contribution in [0.3, 0.4) is 0 Å². The van der Waals surface area contributed by atoms with Crippen molar-refractivity contribution in [2.45, 2.75) is 6.61 Å². The maximum absolute atomic E-state index is 9.04. The summed E-state index contributed by atoms with van der Waals surface area (Å²) in [5, 5.41) is 12.7. The molecule has 1 aromatic carbocycles. The van der Waals surface area contributed by atoms with Crippen LogP contribution in [0.15, 0.2) is 22.0 Å². The van der Waals surface area contributed by atoms with Crippen molar-refractivity contribution in [1.82, 2.24) is 0 Å². The lowest BCUT2D eigenvalue weighted by Gasteiger charge is -1.98. The van der Waals surface area contributed by atoms with Crippen molar-refractivity contribution in [2.24, 2.45) is 0 Å². The van der Waals surface area contributed by atoms with Gasteiger partial charge in [0.05, 0.1) is 16.3 Å². The Bertz CT molecular complexity index is 452. The molecule has 68 valence electrons. The van der Waals surface area contributed by atoms with Gasteiger partial charge in [-0.1, -0.05) is 17.7 Å². The van der Waals surface area contributed by atoms with Gasteiger partial charge in [0.1, 0.15) is 0 Å². The topological polar surface area (TPSA) is 20.2 Å². The van der Waals surface area contributed by atoms with Crippen LogP contribution in [0.25, 0.3) is 10.1 Å². The lowest BCUT2D eigenvalue weighted by Crippen LogP contribution is -1.78. The molecule has 0 aliphatic carbocycles. The van der Waals surface area contributed by atoms with E-state index in [2.05, 4.69) is 15.9 Å². The van der Waals surface area contributed by atoms with Crippen molar-refractivity contribution in [2.75, 3.05) is 0 Å². The Hall–Kier alpha value is -0.0900. The number of thiophene rings is 1. The van der Waals surface area contributed by atoms with Crippen molar-refractivity contribution in [3.8, 4) is 0 Å². The predicted octanol–water partition coefficient (Wildman–Crippen LogP) is 3.81. The quantitative estimate of drug-likeness (QED) is 0.840. The van der Waals surface area contributed by atoms with Crippen LogP contribution in [0.4, 0.5) is 0 Å². The second-order valence-electron chi connectivity index (χ2n) is 2.66. The van der Waals surface area contributed by atoms with Crippen LogP contribution in [0.2, 0.25) is 5.02 Å². The van der Waals surface area contributed by atoms with Gasteiger partial charge in [-0.3, -0.25) is 0 Å². The van der Waals surface area contributed by atoms with E-state index >= 15 is 0 Å². The summed E-state index contributed by atoms with van der Waals surface area (Å²) in [7, 11) is 0. The van der Waals surface area contributed by atoms with E-state index in [1.165, 1.54) is 0 Å². The van der Waals surface area contributed by atoms with Gasteiger partial charge in [0, 0.05) is 4.47 Å². The fourth-order valence-corrected chi connectivity index (χ4v) is 2.98. The average Bonchev–Trinajstić information content (AvgIpc) is 2.55. The van der Waals surface area contributed by atoms with E-state index in [1.807, 2.05) is 17.5 Å². The van der Waals surface area contributed by atoms with Crippen molar-refractivity contribution in [3.63, 3.8) is 0 Å². The van der Waals surface area contributed by atoms with E-state index in [1.54, 1.807) is 11.3 Å². The number of hydrogen-bond acceptors (Lipinski definition) is 2. The third-order valence-corrected chi connectivity index (χ3v) is 4.34. The lowest BCUT2D eigenvalue weighted by molar-refractivity contribution is 0.284. The number of rotatable bonds is 1. The Balaban J connectivity index is 2.81. The smallest absolute Gasteiger partial charge is 0.0726 e. The highest BCUT2D eigenvalue weighted by Gasteiger charge is 2.08. The lowest BCUT2D eigenvalue weighted by atomic mass is 10.2. The Morgan fingerprint density at radius 1 is 1.46 bits per heavy atom. The summed E-state index contributed by atoms with van der Waals surface area (Å²) in [5.74, 6) is 0. The molecule has 0 atom stereocenters. The minimum absolute atomic E-state index is 0.0674. The van der Waals surface area contributed by atoms with E-state index in [0.29, 0.717) is 0 Å². The Labute approximate surface area is 93.1 Å². The van der Waals surface area contributed by atoms with Crippen LogP contribution in [0, 0.1) is 0 Å². The van der Waals surface area contributed by atoms with Gasteiger partial charge in [0.25, 0.3) is 0 Å². The molecule has 1 nitrogen and oxygen atoms in total. The van der Waals surface area contributed by atoms with E-state index < -0.39 is 0 Å². The predicted molar refractivity (Wildman–Crippen MR) is 60.5 cm³/mol. The van der Waals surface area contributed by atoms with Crippen LogP contribution in [-0.2, 0) is 6.61 Å². The summed E-state index contributed by atoms with van der Waals surface area (Å²) in [5.41, 5.74) is 0.939. The van der Waals surface area contributed by atoms with Gasteiger partial charge in [0.15, 0.2) is 0 Å². The standard InChI is InChI=1S/C9H6BrClOS/c10-7-2-1-6-5(3-12)4-13-9(6)8(7)11/h1-2,4,12H,3H2. The first kappa shape index (κ1) is 9.46. The molecule has 1 N–H and O–H groups in total. The monoisotopic (exact) mass is 276 g/mol. The van der Waals surface area contributed by atoms with E-state index in [-0.39, 0.29) is 6.61 Å². The Morgan fingerprint density at radius 2 is 2.23 bits per heavy atom. The number of fused-ring (bicyclic) bond motifs is 1. The highest BCUT2D eigenvalue weighted by atomic mass is 79.9. The maximum Gasteiger partial charge on any atom is 0.0726 e. The molecule has 0 saturated carbocycles. The van der Waals surface area contributed by atoms with Crippen LogP contribution in [0.1, 0.15) is 5.56 Å². The fraction of sp³-hybridized carbons (Fsp3) is 0.111. The molecule has 2 aromatic rings. The second-order valence-corrected chi connectivity index (χ2v) is 4.77. The van der Waals surface area contributed by atoms with Crippen LogP contribution >= 0.6 is 38.9 Å². The normalized spacial score (nSPS) is 11.0. The zero-order valence-corrected chi connectivity index (χ0v) is 9.71. The minimum atomic E-state index is 0.0674. The summed E-state index contributed by atoms with van der Waals surface area (Å²) in [4.78, 5) is 0. The molecule has 0 aliphatic rings. The number of halogens is 2. The molecule has 1 heterocycles. The molecule has 0 saturated heterocycles. The van der Waals surface area contributed by atoms with Crippen LogP contribution < -0.4 is 0 Å². The highest BCUT2D eigenvalue weighted by molar-refractivity contribution is 9.10. The zero-order chi connectivity index (χ0) is 9.42. The van der Waals surface area contributed by atoms with Gasteiger partial charge in [-0.05, 0) is 38.3 Å². The van der Waals surface area contributed by atoms with E-state index in [0.717, 1.165) is 25.1 Å². The summed E-state index contributed by atoms with van der Waals surface area (Å²) in [6.45, 7) is 0.0674. The molecule has 0 amide bonds. The van der Waals surface area contributed by atoms with Gasteiger partial charge in [-0.2, -0.15) is 0 Å². The molecule has 0 radical (unpaired) electrons. The van der Waals surface area contributed by atoms with Gasteiger partial charge < -0.3 is 5.11 Å². The molecule has 0 fully saturated rings. The molecular formula is C9H6BrClOS. The zero-order valence-electron chi connectivity index (χ0n) is 6.55. The van der Waals surface area contributed by atoms with Crippen LogP contribution in [0.5, 0.6) is 0 Å². The number of aliphatic hydroxyl groups excluding tert-OH is 1. The van der Waals surface area contributed by atoms with Crippen molar-refractivity contribution < 1.29 is 5.11 Å². The SMILES string of the molecule is OCc1csc2c(Cl)c(Br)ccc12. The minimum Gasteiger partial charge on any atom is -0.392 e. The summed E-state index contributed by atoms with van der Waals surface area (Å²) in [6, 6.07) is 3.86. The highest BCUT2D eigenvalue weighted by Crippen LogP contribution is 2.36. The first-order valence-corrected chi connectivity index (χ1v) is 5.74. The van der Waals surface area contributed by atoms with E-state index in [9.17, 15) is 0 Å². The summed E-state index contributed by atoms with van der Waals surface area (Å²) < 4.78 is 1.92. The molecule has 4 heteroatoms. The van der Waals surface area contributed by atoms with Crippen molar-refractivity contribution >= 4 is 49.0 Å². The largest absolute Gasteiger partial charge is 0.392 e. The van der Waals surface area contributed by atoms with E-state index in [4.69, 9.17) is 16.7 Å². The Kier molecular flexibility index (Phi) is 2.60. The molecule has 2 rings (SSSR count). The van der Waals surface area contributed by atoms with Crippen LogP contribution in [-0.4, -0.2) is 5.11 Å². The maximum atomic E-state index is 9.04.